The second kappa shape index (κ2) is 9.58. The van der Waals surface area contributed by atoms with Gasteiger partial charge in [-0.3, -0.25) is 4.79 Å². The number of halogens is 3. The van der Waals surface area contributed by atoms with Gasteiger partial charge in [-0.05, 0) is 59.7 Å². The quantitative estimate of drug-likeness (QED) is 0.368. The van der Waals surface area contributed by atoms with Crippen LogP contribution in [0.3, 0.4) is 0 Å². The van der Waals surface area contributed by atoms with Gasteiger partial charge in [-0.1, -0.05) is 31.2 Å². The molecule has 0 saturated carbocycles. The molecule has 0 aliphatic heterocycles. The highest BCUT2D eigenvalue weighted by molar-refractivity contribution is 7.91. The Morgan fingerprint density at radius 1 is 0.943 bits per heavy atom. The van der Waals surface area contributed by atoms with Crippen LogP contribution in [-0.4, -0.2) is 24.6 Å². The van der Waals surface area contributed by atoms with E-state index in [4.69, 9.17) is 0 Å². The molecular weight excluding hydrogens is 477 g/mol. The number of rotatable bonds is 7. The van der Waals surface area contributed by atoms with Crippen LogP contribution in [0.25, 0.3) is 10.9 Å². The average Bonchev–Trinajstić information content (AvgIpc) is 3.24. The molecule has 0 bridgehead atoms. The van der Waals surface area contributed by atoms with E-state index in [2.05, 4.69) is 5.32 Å². The van der Waals surface area contributed by atoms with Gasteiger partial charge in [0.2, 0.25) is 0 Å². The minimum atomic E-state index is -4.40. The molecule has 0 spiro atoms. The molecule has 182 valence electrons. The van der Waals surface area contributed by atoms with Crippen LogP contribution in [0.1, 0.15) is 34.0 Å². The normalized spacial score (nSPS) is 12.1. The Kier molecular flexibility index (Phi) is 6.71. The molecule has 0 aliphatic rings. The fourth-order valence-electron chi connectivity index (χ4n) is 3.79. The van der Waals surface area contributed by atoms with Crippen molar-refractivity contribution in [3.63, 3.8) is 0 Å². The molecule has 1 amide bonds. The third kappa shape index (κ3) is 5.57. The smallest absolute Gasteiger partial charge is 0.348 e. The lowest BCUT2D eigenvalue weighted by atomic mass is 10.1. The number of fused-ring (bicyclic) bond motifs is 1. The first kappa shape index (κ1) is 24.5. The highest BCUT2D eigenvalue weighted by atomic mass is 32.2. The van der Waals surface area contributed by atoms with Crippen LogP contribution in [0.4, 0.5) is 13.2 Å². The van der Waals surface area contributed by atoms with Crippen molar-refractivity contribution in [3.05, 3.63) is 101 Å². The molecule has 0 atom stereocenters. The predicted molar refractivity (Wildman–Crippen MR) is 128 cm³/mol. The number of carbonyl (C=O) groups is 1. The number of hydrogen-bond acceptors (Lipinski definition) is 3. The molecule has 9 heteroatoms. The third-order valence-corrected chi connectivity index (χ3v) is 7.51. The van der Waals surface area contributed by atoms with E-state index < -0.39 is 21.6 Å². The van der Waals surface area contributed by atoms with E-state index in [1.54, 1.807) is 49.5 Å². The highest BCUT2D eigenvalue weighted by Gasteiger charge is 2.30. The maximum Gasteiger partial charge on any atom is 0.416 e. The Hall–Kier alpha value is -3.59. The van der Waals surface area contributed by atoms with Gasteiger partial charge in [-0.2, -0.15) is 13.2 Å². The topological polar surface area (TPSA) is 68.2 Å². The maximum atomic E-state index is 13.0. The van der Waals surface area contributed by atoms with Gasteiger partial charge in [0.25, 0.3) is 5.91 Å². The highest BCUT2D eigenvalue weighted by Crippen LogP contribution is 2.30. The van der Waals surface area contributed by atoms with Crippen LogP contribution < -0.4 is 5.32 Å². The summed E-state index contributed by atoms with van der Waals surface area (Å²) in [4.78, 5) is 12.9. The Balaban J connectivity index is 1.45. The van der Waals surface area contributed by atoms with Crippen molar-refractivity contribution in [1.82, 2.24) is 9.88 Å². The van der Waals surface area contributed by atoms with Crippen LogP contribution >= 0.6 is 0 Å². The van der Waals surface area contributed by atoms with E-state index in [0.717, 1.165) is 28.6 Å². The van der Waals surface area contributed by atoms with Crippen molar-refractivity contribution >= 4 is 26.6 Å². The minimum Gasteiger partial charge on any atom is -0.348 e. The van der Waals surface area contributed by atoms with Crippen molar-refractivity contribution in [1.29, 1.82) is 0 Å². The molecule has 35 heavy (non-hydrogen) atoms. The van der Waals surface area contributed by atoms with E-state index >= 15 is 0 Å². The van der Waals surface area contributed by atoms with Crippen LogP contribution in [-0.2, 0) is 29.1 Å². The van der Waals surface area contributed by atoms with Gasteiger partial charge >= 0.3 is 6.18 Å². The first-order valence-corrected chi connectivity index (χ1v) is 12.6. The molecule has 4 aromatic rings. The number of amides is 1. The second-order valence-electron chi connectivity index (χ2n) is 8.15. The Labute approximate surface area is 201 Å². The molecule has 1 aromatic heterocycles. The zero-order valence-electron chi connectivity index (χ0n) is 18.8. The van der Waals surface area contributed by atoms with E-state index in [-0.39, 0.29) is 29.6 Å². The number of alkyl halides is 3. The van der Waals surface area contributed by atoms with Crippen molar-refractivity contribution in [2.75, 3.05) is 5.75 Å². The summed E-state index contributed by atoms with van der Waals surface area (Å²) in [6.45, 7) is 2.09. The summed E-state index contributed by atoms with van der Waals surface area (Å²) in [6.07, 6.45) is -2.62. The number of carbonyl (C=O) groups excluding carboxylic acids is 1. The first-order valence-electron chi connectivity index (χ1n) is 10.9. The lowest BCUT2D eigenvalue weighted by Crippen LogP contribution is -2.22. The molecule has 0 unspecified atom stereocenters. The van der Waals surface area contributed by atoms with Gasteiger partial charge in [0, 0.05) is 35.8 Å². The number of hydrogen-bond donors (Lipinski definition) is 1. The zero-order valence-corrected chi connectivity index (χ0v) is 19.7. The van der Waals surface area contributed by atoms with Crippen molar-refractivity contribution in [2.45, 2.75) is 31.1 Å². The van der Waals surface area contributed by atoms with Gasteiger partial charge in [0.1, 0.15) is 0 Å². The summed E-state index contributed by atoms with van der Waals surface area (Å²) < 4.78 is 64.7. The Morgan fingerprint density at radius 2 is 1.69 bits per heavy atom. The molecule has 0 fully saturated rings. The van der Waals surface area contributed by atoms with Crippen LogP contribution in [0, 0.1) is 0 Å². The lowest BCUT2D eigenvalue weighted by Gasteiger charge is -2.11. The summed E-state index contributed by atoms with van der Waals surface area (Å²) in [7, 11) is -3.28. The fourth-order valence-corrected chi connectivity index (χ4v) is 4.67. The van der Waals surface area contributed by atoms with Gasteiger partial charge in [-0.25, -0.2) is 8.42 Å². The van der Waals surface area contributed by atoms with Gasteiger partial charge in [-0.15, -0.1) is 0 Å². The molecule has 0 radical (unpaired) electrons. The standard InChI is InChI=1S/C26H23F3N2O3S/c1-2-35(33,34)23-9-6-18(7-10-23)16-30-25(32)21-8-11-24-20(15-21)12-13-31(24)17-19-4-3-5-22(14-19)26(27,28)29/h3-15H,2,16-17H2,1H3,(H,30,32). The number of aromatic nitrogens is 1. The molecule has 3 aromatic carbocycles. The Morgan fingerprint density at radius 3 is 2.37 bits per heavy atom. The number of benzene rings is 3. The van der Waals surface area contributed by atoms with E-state index in [9.17, 15) is 26.4 Å². The van der Waals surface area contributed by atoms with Gasteiger partial charge in [0.05, 0.1) is 16.2 Å². The van der Waals surface area contributed by atoms with Crippen molar-refractivity contribution < 1.29 is 26.4 Å². The second-order valence-corrected chi connectivity index (χ2v) is 10.4. The maximum absolute atomic E-state index is 13.0. The van der Waals surface area contributed by atoms with Gasteiger partial charge in [0.15, 0.2) is 9.84 Å². The number of nitrogens with zero attached hydrogens (tertiary/aromatic N) is 1. The third-order valence-electron chi connectivity index (χ3n) is 5.76. The molecule has 0 aliphatic carbocycles. The molecule has 5 nitrogen and oxygen atoms in total. The minimum absolute atomic E-state index is 0.0211. The first-order chi connectivity index (χ1) is 16.6. The molecular formula is C26H23F3N2O3S. The molecule has 1 N–H and O–H groups in total. The summed E-state index contributed by atoms with van der Waals surface area (Å²) in [5.74, 6) is -0.268. The summed E-state index contributed by atoms with van der Waals surface area (Å²) >= 11 is 0. The van der Waals surface area contributed by atoms with Crippen LogP contribution in [0.2, 0.25) is 0 Å². The van der Waals surface area contributed by atoms with E-state index in [1.165, 1.54) is 18.2 Å². The molecule has 4 rings (SSSR count). The fraction of sp³-hybridized carbons (Fsp3) is 0.192. The summed E-state index contributed by atoms with van der Waals surface area (Å²) in [5, 5.41) is 3.61. The Bertz CT molecular complexity index is 1470. The summed E-state index contributed by atoms with van der Waals surface area (Å²) in [6, 6.07) is 18.6. The monoisotopic (exact) mass is 500 g/mol. The van der Waals surface area contributed by atoms with Gasteiger partial charge < -0.3 is 9.88 Å². The molecule has 1 heterocycles. The van der Waals surface area contributed by atoms with Crippen molar-refractivity contribution in [3.8, 4) is 0 Å². The van der Waals surface area contributed by atoms with Crippen molar-refractivity contribution in [2.24, 2.45) is 0 Å². The summed E-state index contributed by atoms with van der Waals surface area (Å²) in [5.41, 5.74) is 1.84. The van der Waals surface area contributed by atoms with Crippen LogP contribution in [0.15, 0.2) is 83.9 Å². The van der Waals surface area contributed by atoms with E-state index in [0.29, 0.717) is 11.1 Å². The van der Waals surface area contributed by atoms with E-state index in [1.807, 2.05) is 10.6 Å². The number of nitrogens with one attached hydrogen (secondary N) is 1. The zero-order chi connectivity index (χ0) is 25.2. The lowest BCUT2D eigenvalue weighted by molar-refractivity contribution is -0.137. The largest absolute Gasteiger partial charge is 0.416 e. The predicted octanol–water partition coefficient (Wildman–Crippen LogP) is 5.43. The van der Waals surface area contributed by atoms with Crippen LogP contribution in [0.5, 0.6) is 0 Å². The molecule has 0 saturated heterocycles. The number of sulfone groups is 1. The SMILES string of the molecule is CCS(=O)(=O)c1ccc(CNC(=O)c2ccc3c(ccn3Cc3cccc(C(F)(F)F)c3)c2)cc1. The average molecular weight is 501 g/mol.